The van der Waals surface area contributed by atoms with Gasteiger partial charge in [0.2, 0.25) is 0 Å². The Morgan fingerprint density at radius 2 is 1.75 bits per heavy atom. The molecule has 104 valence electrons. The van der Waals surface area contributed by atoms with Gasteiger partial charge in [0.05, 0.1) is 0 Å². The van der Waals surface area contributed by atoms with Crippen molar-refractivity contribution < 1.29 is 9.53 Å². The van der Waals surface area contributed by atoms with Crippen molar-refractivity contribution in [1.29, 1.82) is 0 Å². The Labute approximate surface area is 127 Å². The summed E-state index contributed by atoms with van der Waals surface area (Å²) in [7, 11) is 0. The fourth-order valence-corrected chi connectivity index (χ4v) is 2.67. The van der Waals surface area contributed by atoms with Gasteiger partial charge in [0.15, 0.2) is 6.61 Å². The second kappa shape index (κ2) is 6.57. The summed E-state index contributed by atoms with van der Waals surface area (Å²) >= 11 is 3.44. The first-order valence-electron chi connectivity index (χ1n) is 6.30. The van der Waals surface area contributed by atoms with Gasteiger partial charge in [0.1, 0.15) is 5.75 Å². The van der Waals surface area contributed by atoms with E-state index in [1.807, 2.05) is 56.3 Å². The zero-order valence-electron chi connectivity index (χ0n) is 11.4. The molecule has 0 spiro atoms. The average molecular weight is 334 g/mol. The summed E-state index contributed by atoms with van der Waals surface area (Å²) < 4.78 is 6.63. The maximum Gasteiger partial charge on any atom is 0.262 e. The van der Waals surface area contributed by atoms with Crippen LogP contribution in [0.3, 0.4) is 0 Å². The van der Waals surface area contributed by atoms with Crippen molar-refractivity contribution in [3.8, 4) is 5.75 Å². The highest BCUT2D eigenvalue weighted by Gasteiger charge is 2.08. The van der Waals surface area contributed by atoms with Crippen LogP contribution in [0.5, 0.6) is 5.75 Å². The Hall–Kier alpha value is -1.81. The highest BCUT2D eigenvalue weighted by molar-refractivity contribution is 9.10. The van der Waals surface area contributed by atoms with Crippen LogP contribution in [0.2, 0.25) is 0 Å². The third kappa shape index (κ3) is 3.84. The molecule has 2 aromatic rings. The van der Waals surface area contributed by atoms with E-state index in [1.54, 1.807) is 0 Å². The minimum atomic E-state index is -0.169. The van der Waals surface area contributed by atoms with Gasteiger partial charge in [-0.05, 0) is 49.2 Å². The number of benzene rings is 2. The molecule has 0 saturated carbocycles. The van der Waals surface area contributed by atoms with Crippen LogP contribution in [-0.4, -0.2) is 12.5 Å². The Bertz CT molecular complexity index is 588. The van der Waals surface area contributed by atoms with Crippen LogP contribution in [-0.2, 0) is 4.79 Å². The van der Waals surface area contributed by atoms with Crippen molar-refractivity contribution in [3.63, 3.8) is 0 Å². The van der Waals surface area contributed by atoms with E-state index in [-0.39, 0.29) is 12.5 Å². The van der Waals surface area contributed by atoms with Gasteiger partial charge in [-0.25, -0.2) is 0 Å². The van der Waals surface area contributed by atoms with Crippen LogP contribution in [0.15, 0.2) is 46.9 Å². The Balaban J connectivity index is 1.97. The SMILES string of the molecule is Cc1cc(Br)cc(C)c1OCC(=O)Nc1ccccc1. The molecule has 0 aliphatic rings. The lowest BCUT2D eigenvalue weighted by molar-refractivity contribution is -0.118. The second-order valence-corrected chi connectivity index (χ2v) is 5.49. The molecule has 0 fully saturated rings. The minimum Gasteiger partial charge on any atom is -0.483 e. The number of nitrogens with one attached hydrogen (secondary N) is 1. The third-order valence-electron chi connectivity index (χ3n) is 2.83. The predicted molar refractivity (Wildman–Crippen MR) is 84.2 cm³/mol. The van der Waals surface area contributed by atoms with Crippen LogP contribution in [0.25, 0.3) is 0 Å². The summed E-state index contributed by atoms with van der Waals surface area (Å²) in [6.07, 6.45) is 0. The molecule has 1 N–H and O–H groups in total. The van der Waals surface area contributed by atoms with E-state index in [0.29, 0.717) is 0 Å². The van der Waals surface area contributed by atoms with E-state index >= 15 is 0 Å². The van der Waals surface area contributed by atoms with E-state index < -0.39 is 0 Å². The first kappa shape index (κ1) is 14.6. The van der Waals surface area contributed by atoms with E-state index in [0.717, 1.165) is 27.0 Å². The number of hydrogen-bond acceptors (Lipinski definition) is 2. The van der Waals surface area contributed by atoms with Gasteiger partial charge >= 0.3 is 0 Å². The highest BCUT2D eigenvalue weighted by Crippen LogP contribution is 2.27. The lowest BCUT2D eigenvalue weighted by atomic mass is 10.1. The van der Waals surface area contributed by atoms with Crippen LogP contribution >= 0.6 is 15.9 Å². The van der Waals surface area contributed by atoms with Crippen molar-refractivity contribution >= 4 is 27.5 Å². The molecule has 0 unspecified atom stereocenters. The molecule has 0 atom stereocenters. The van der Waals surface area contributed by atoms with E-state index in [2.05, 4.69) is 21.2 Å². The molecule has 0 heterocycles. The van der Waals surface area contributed by atoms with E-state index in [9.17, 15) is 4.79 Å². The Morgan fingerprint density at radius 1 is 1.15 bits per heavy atom. The molecule has 3 nitrogen and oxygen atoms in total. The van der Waals surface area contributed by atoms with Crippen LogP contribution in [0.4, 0.5) is 5.69 Å². The van der Waals surface area contributed by atoms with Gasteiger partial charge in [-0.2, -0.15) is 0 Å². The zero-order chi connectivity index (χ0) is 14.5. The minimum absolute atomic E-state index is 0.00178. The second-order valence-electron chi connectivity index (χ2n) is 4.57. The topological polar surface area (TPSA) is 38.3 Å². The first-order chi connectivity index (χ1) is 9.56. The molecule has 0 aliphatic carbocycles. The molecular weight excluding hydrogens is 318 g/mol. The van der Waals surface area contributed by atoms with Crippen molar-refractivity contribution in [2.24, 2.45) is 0 Å². The predicted octanol–water partition coefficient (Wildman–Crippen LogP) is 4.08. The zero-order valence-corrected chi connectivity index (χ0v) is 13.0. The number of carbonyl (C=O) groups excluding carboxylic acids is 1. The third-order valence-corrected chi connectivity index (χ3v) is 3.29. The normalized spacial score (nSPS) is 10.2. The lowest BCUT2D eigenvalue weighted by Crippen LogP contribution is -2.20. The molecule has 0 radical (unpaired) electrons. The maximum atomic E-state index is 11.8. The van der Waals surface area contributed by atoms with Crippen LogP contribution in [0, 0.1) is 13.8 Å². The molecule has 2 rings (SSSR count). The van der Waals surface area contributed by atoms with Crippen molar-refractivity contribution in [2.75, 3.05) is 11.9 Å². The van der Waals surface area contributed by atoms with Gasteiger partial charge < -0.3 is 10.1 Å². The fraction of sp³-hybridized carbons (Fsp3) is 0.188. The molecule has 1 amide bonds. The molecular formula is C16H16BrNO2. The van der Waals surface area contributed by atoms with Gasteiger partial charge in [-0.15, -0.1) is 0 Å². The largest absolute Gasteiger partial charge is 0.483 e. The van der Waals surface area contributed by atoms with Gasteiger partial charge in [0, 0.05) is 10.2 Å². The number of ether oxygens (including phenoxy) is 1. The quantitative estimate of drug-likeness (QED) is 0.915. The number of rotatable bonds is 4. The van der Waals surface area contributed by atoms with E-state index in [4.69, 9.17) is 4.74 Å². The average Bonchev–Trinajstić information content (AvgIpc) is 2.38. The van der Waals surface area contributed by atoms with Crippen LogP contribution < -0.4 is 10.1 Å². The number of aryl methyl sites for hydroxylation is 2. The van der Waals surface area contributed by atoms with Crippen LogP contribution in [0.1, 0.15) is 11.1 Å². The number of halogens is 1. The molecule has 0 bridgehead atoms. The van der Waals surface area contributed by atoms with Crippen molar-refractivity contribution in [1.82, 2.24) is 0 Å². The smallest absolute Gasteiger partial charge is 0.262 e. The summed E-state index contributed by atoms with van der Waals surface area (Å²) in [5.74, 6) is 0.592. The number of amides is 1. The van der Waals surface area contributed by atoms with Crippen molar-refractivity contribution in [3.05, 3.63) is 58.1 Å². The summed E-state index contributed by atoms with van der Waals surface area (Å²) in [5.41, 5.74) is 2.78. The molecule has 4 heteroatoms. The van der Waals surface area contributed by atoms with Gasteiger partial charge in [0.25, 0.3) is 5.91 Å². The fourth-order valence-electron chi connectivity index (χ4n) is 1.98. The number of carbonyl (C=O) groups is 1. The number of para-hydroxylation sites is 1. The van der Waals surface area contributed by atoms with E-state index in [1.165, 1.54) is 0 Å². The molecule has 2 aromatic carbocycles. The monoisotopic (exact) mass is 333 g/mol. The molecule has 20 heavy (non-hydrogen) atoms. The molecule has 0 aromatic heterocycles. The standard InChI is InChI=1S/C16H16BrNO2/c1-11-8-13(17)9-12(2)16(11)20-10-15(19)18-14-6-4-3-5-7-14/h3-9H,10H2,1-2H3,(H,18,19). The van der Waals surface area contributed by atoms with Gasteiger partial charge in [-0.3, -0.25) is 4.79 Å². The lowest BCUT2D eigenvalue weighted by Gasteiger charge is -2.12. The summed E-state index contributed by atoms with van der Waals surface area (Å²) in [6.45, 7) is 3.92. The van der Waals surface area contributed by atoms with Gasteiger partial charge in [-0.1, -0.05) is 34.1 Å². The summed E-state index contributed by atoms with van der Waals surface area (Å²) in [6, 6.07) is 13.3. The summed E-state index contributed by atoms with van der Waals surface area (Å²) in [4.78, 5) is 11.8. The highest BCUT2D eigenvalue weighted by atomic mass is 79.9. The first-order valence-corrected chi connectivity index (χ1v) is 7.10. The van der Waals surface area contributed by atoms with Crippen molar-refractivity contribution in [2.45, 2.75) is 13.8 Å². The summed E-state index contributed by atoms with van der Waals surface area (Å²) in [5, 5.41) is 2.79. The Kier molecular flexibility index (Phi) is 4.79. The molecule has 0 aliphatic heterocycles. The Morgan fingerprint density at radius 3 is 2.35 bits per heavy atom. The number of hydrogen-bond donors (Lipinski definition) is 1. The maximum absolute atomic E-state index is 11.8. The molecule has 0 saturated heterocycles. The number of anilines is 1.